The first-order valence-electron chi connectivity index (χ1n) is 7.18. The van der Waals surface area contributed by atoms with E-state index in [1.165, 1.54) is 0 Å². The summed E-state index contributed by atoms with van der Waals surface area (Å²) < 4.78 is 5.10. The number of aliphatic hydroxyl groups excluding tert-OH is 1. The number of rotatable bonds is 4. The average molecular weight is 277 g/mol. The summed E-state index contributed by atoms with van der Waals surface area (Å²) in [6, 6.07) is 7.49. The first-order valence-corrected chi connectivity index (χ1v) is 7.18. The van der Waals surface area contributed by atoms with Crippen LogP contribution in [-0.4, -0.2) is 42.2 Å². The molecule has 0 spiro atoms. The van der Waals surface area contributed by atoms with Crippen LogP contribution in [0, 0.1) is 0 Å². The van der Waals surface area contributed by atoms with Gasteiger partial charge in [-0.1, -0.05) is 25.0 Å². The summed E-state index contributed by atoms with van der Waals surface area (Å²) in [5, 5.41) is 10.0. The molecule has 1 N–H and O–H groups in total. The summed E-state index contributed by atoms with van der Waals surface area (Å²) in [6.45, 7) is 0. The highest BCUT2D eigenvalue weighted by Crippen LogP contribution is 2.23. The molecular weight excluding hydrogens is 254 g/mol. The van der Waals surface area contributed by atoms with Crippen molar-refractivity contribution >= 4 is 5.91 Å². The molecule has 1 aromatic carbocycles. The van der Waals surface area contributed by atoms with Crippen molar-refractivity contribution < 1.29 is 14.6 Å². The molecule has 20 heavy (non-hydrogen) atoms. The van der Waals surface area contributed by atoms with Crippen molar-refractivity contribution in [3.8, 4) is 5.75 Å². The Kier molecular flexibility index (Phi) is 5.01. The van der Waals surface area contributed by atoms with Crippen LogP contribution in [0.1, 0.15) is 31.2 Å². The van der Waals surface area contributed by atoms with Gasteiger partial charge in [0.1, 0.15) is 5.75 Å². The van der Waals surface area contributed by atoms with Crippen LogP contribution in [0.2, 0.25) is 0 Å². The molecule has 1 aliphatic rings. The van der Waals surface area contributed by atoms with Crippen molar-refractivity contribution in [1.82, 2.24) is 4.90 Å². The Balaban J connectivity index is 1.95. The van der Waals surface area contributed by atoms with E-state index in [1.807, 2.05) is 24.3 Å². The van der Waals surface area contributed by atoms with Gasteiger partial charge in [-0.25, -0.2) is 0 Å². The molecule has 2 atom stereocenters. The summed E-state index contributed by atoms with van der Waals surface area (Å²) in [4.78, 5) is 14.0. The number of carbonyl (C=O) groups excluding carboxylic acids is 1. The van der Waals surface area contributed by atoms with Crippen molar-refractivity contribution in [2.45, 2.75) is 44.2 Å². The summed E-state index contributed by atoms with van der Waals surface area (Å²) in [7, 11) is 3.42. The lowest BCUT2D eigenvalue weighted by Gasteiger charge is -2.35. The van der Waals surface area contributed by atoms with Crippen molar-refractivity contribution in [3.05, 3.63) is 29.8 Å². The van der Waals surface area contributed by atoms with Gasteiger partial charge in [-0.3, -0.25) is 4.79 Å². The molecule has 1 saturated carbocycles. The topological polar surface area (TPSA) is 49.8 Å². The van der Waals surface area contributed by atoms with Gasteiger partial charge >= 0.3 is 0 Å². The minimum absolute atomic E-state index is 0.0329. The van der Waals surface area contributed by atoms with E-state index in [1.54, 1.807) is 19.1 Å². The lowest BCUT2D eigenvalue weighted by atomic mass is 9.91. The van der Waals surface area contributed by atoms with Gasteiger partial charge in [0.15, 0.2) is 0 Å². The Bertz CT molecular complexity index is 444. The Morgan fingerprint density at radius 1 is 1.30 bits per heavy atom. The van der Waals surface area contributed by atoms with Crippen molar-refractivity contribution in [2.75, 3.05) is 14.2 Å². The molecule has 110 valence electrons. The monoisotopic (exact) mass is 277 g/mol. The van der Waals surface area contributed by atoms with Gasteiger partial charge in [-0.2, -0.15) is 0 Å². The number of methoxy groups -OCH3 is 1. The standard InChI is InChI=1S/C16H23NO3/c1-17(14-5-3-4-6-15(14)18)16(19)11-12-7-9-13(20-2)10-8-12/h7-10,14-15,18H,3-6,11H2,1-2H3. The summed E-state index contributed by atoms with van der Waals surface area (Å²) in [5.74, 6) is 0.846. The highest BCUT2D eigenvalue weighted by atomic mass is 16.5. The number of likely N-dealkylation sites (N-methyl/N-ethyl adjacent to an activating group) is 1. The molecule has 1 aliphatic carbocycles. The van der Waals surface area contributed by atoms with Crippen LogP contribution in [0.15, 0.2) is 24.3 Å². The lowest BCUT2D eigenvalue weighted by Crippen LogP contribution is -2.46. The van der Waals surface area contributed by atoms with E-state index < -0.39 is 0 Å². The highest BCUT2D eigenvalue weighted by molar-refractivity contribution is 5.79. The van der Waals surface area contributed by atoms with Gasteiger partial charge in [0.25, 0.3) is 0 Å². The van der Waals surface area contributed by atoms with E-state index >= 15 is 0 Å². The van der Waals surface area contributed by atoms with Gasteiger partial charge in [-0.05, 0) is 30.5 Å². The molecule has 2 rings (SSSR count). The largest absolute Gasteiger partial charge is 0.497 e. The number of nitrogens with zero attached hydrogens (tertiary/aromatic N) is 1. The van der Waals surface area contributed by atoms with Gasteiger partial charge in [0, 0.05) is 7.05 Å². The molecule has 0 bridgehead atoms. The van der Waals surface area contributed by atoms with Crippen LogP contribution in [-0.2, 0) is 11.2 Å². The van der Waals surface area contributed by atoms with E-state index in [9.17, 15) is 9.90 Å². The van der Waals surface area contributed by atoms with Crippen molar-refractivity contribution in [2.24, 2.45) is 0 Å². The molecule has 0 radical (unpaired) electrons. The Hall–Kier alpha value is -1.55. The minimum atomic E-state index is -0.381. The maximum Gasteiger partial charge on any atom is 0.227 e. The SMILES string of the molecule is COc1ccc(CC(=O)N(C)C2CCCCC2O)cc1. The molecule has 4 heteroatoms. The van der Waals surface area contributed by atoms with Crippen LogP contribution in [0.4, 0.5) is 0 Å². The quantitative estimate of drug-likeness (QED) is 0.915. The number of carbonyl (C=O) groups is 1. The second kappa shape index (κ2) is 6.75. The van der Waals surface area contributed by atoms with Crippen molar-refractivity contribution in [1.29, 1.82) is 0 Å². The second-order valence-electron chi connectivity index (χ2n) is 5.45. The van der Waals surface area contributed by atoms with E-state index in [-0.39, 0.29) is 18.1 Å². The summed E-state index contributed by atoms with van der Waals surface area (Å²) in [6.07, 6.45) is 3.81. The van der Waals surface area contributed by atoms with E-state index in [4.69, 9.17) is 4.74 Å². The predicted molar refractivity (Wildman–Crippen MR) is 77.7 cm³/mol. The molecule has 4 nitrogen and oxygen atoms in total. The third-order valence-corrected chi connectivity index (χ3v) is 4.10. The fourth-order valence-corrected chi connectivity index (χ4v) is 2.77. The van der Waals surface area contributed by atoms with E-state index in [0.717, 1.165) is 37.0 Å². The van der Waals surface area contributed by atoms with Crippen LogP contribution in [0.3, 0.4) is 0 Å². The third-order valence-electron chi connectivity index (χ3n) is 4.10. The molecule has 1 fully saturated rings. The highest BCUT2D eigenvalue weighted by Gasteiger charge is 2.29. The first-order chi connectivity index (χ1) is 9.61. The number of benzene rings is 1. The third kappa shape index (κ3) is 3.51. The fourth-order valence-electron chi connectivity index (χ4n) is 2.77. The van der Waals surface area contributed by atoms with E-state index in [0.29, 0.717) is 6.42 Å². The van der Waals surface area contributed by atoms with Gasteiger partial charge in [0.2, 0.25) is 5.91 Å². The number of hydrogen-bond acceptors (Lipinski definition) is 3. The lowest BCUT2D eigenvalue weighted by molar-refractivity contribution is -0.134. The first kappa shape index (κ1) is 14.9. The molecular formula is C16H23NO3. The maximum atomic E-state index is 12.3. The molecule has 1 amide bonds. The van der Waals surface area contributed by atoms with Gasteiger partial charge < -0.3 is 14.7 Å². The van der Waals surface area contributed by atoms with Gasteiger partial charge in [-0.15, -0.1) is 0 Å². The zero-order chi connectivity index (χ0) is 14.5. The van der Waals surface area contributed by atoms with Crippen molar-refractivity contribution in [3.63, 3.8) is 0 Å². The number of amides is 1. The smallest absolute Gasteiger partial charge is 0.227 e. The van der Waals surface area contributed by atoms with Crippen LogP contribution >= 0.6 is 0 Å². The minimum Gasteiger partial charge on any atom is -0.497 e. The average Bonchev–Trinajstić information content (AvgIpc) is 2.48. The summed E-state index contributed by atoms with van der Waals surface area (Å²) >= 11 is 0. The number of hydrogen-bond donors (Lipinski definition) is 1. The second-order valence-corrected chi connectivity index (χ2v) is 5.45. The fraction of sp³-hybridized carbons (Fsp3) is 0.562. The molecule has 0 saturated heterocycles. The summed E-state index contributed by atoms with van der Waals surface area (Å²) in [5.41, 5.74) is 0.966. The Labute approximate surface area is 120 Å². The number of ether oxygens (including phenoxy) is 1. The molecule has 1 aromatic rings. The maximum absolute atomic E-state index is 12.3. The van der Waals surface area contributed by atoms with Crippen LogP contribution in [0.5, 0.6) is 5.75 Å². The normalized spacial score (nSPS) is 22.4. The Morgan fingerprint density at radius 3 is 2.55 bits per heavy atom. The van der Waals surface area contributed by atoms with Gasteiger partial charge in [0.05, 0.1) is 25.7 Å². The Morgan fingerprint density at radius 2 is 1.95 bits per heavy atom. The van der Waals surface area contributed by atoms with E-state index in [2.05, 4.69) is 0 Å². The molecule has 2 unspecified atom stereocenters. The van der Waals surface area contributed by atoms with Crippen LogP contribution < -0.4 is 4.74 Å². The molecule has 0 heterocycles. The van der Waals surface area contributed by atoms with Crippen LogP contribution in [0.25, 0.3) is 0 Å². The molecule has 0 aliphatic heterocycles. The number of aliphatic hydroxyl groups is 1. The molecule has 0 aromatic heterocycles. The predicted octanol–water partition coefficient (Wildman–Crippen LogP) is 2.00. The zero-order valence-corrected chi connectivity index (χ0v) is 12.2. The zero-order valence-electron chi connectivity index (χ0n) is 12.2.